The second kappa shape index (κ2) is 13.4. The van der Waals surface area contributed by atoms with E-state index in [0.29, 0.717) is 9.92 Å². The molecule has 9 heteroatoms. The Kier molecular flexibility index (Phi) is 9.40. The third kappa shape index (κ3) is 6.05. The van der Waals surface area contributed by atoms with Crippen molar-refractivity contribution < 1.29 is 28.3 Å². The van der Waals surface area contributed by atoms with Crippen LogP contribution in [0.2, 0.25) is 5.02 Å². The highest BCUT2D eigenvalue weighted by atomic mass is 35.5. The number of aliphatic hydroxyl groups is 1. The lowest BCUT2D eigenvalue weighted by Gasteiger charge is -2.62. The molecule has 1 amide bonds. The Bertz CT molecular complexity index is 1630. The van der Waals surface area contributed by atoms with Gasteiger partial charge in [-0.2, -0.15) is 0 Å². The Morgan fingerprint density at radius 3 is 2.16 bits per heavy atom. The third-order valence-corrected chi connectivity index (χ3v) is 10.8. The van der Waals surface area contributed by atoms with Crippen molar-refractivity contribution in [3.63, 3.8) is 0 Å². The van der Waals surface area contributed by atoms with Crippen molar-refractivity contribution in [3.05, 3.63) is 137 Å². The van der Waals surface area contributed by atoms with E-state index in [1.54, 1.807) is 29.2 Å². The van der Waals surface area contributed by atoms with Crippen LogP contribution in [0.15, 0.2) is 120 Å². The zero-order chi connectivity index (χ0) is 31.4. The first-order chi connectivity index (χ1) is 21.9. The number of ether oxygens (including phenoxy) is 3. The second-order valence-corrected chi connectivity index (χ2v) is 13.3. The number of amides is 1. The van der Waals surface area contributed by atoms with Crippen LogP contribution in [-0.2, 0) is 31.6 Å². The minimum Gasteiger partial charge on any atom is -0.439 e. The van der Waals surface area contributed by atoms with Crippen LogP contribution in [0.5, 0.6) is 0 Å². The van der Waals surface area contributed by atoms with Crippen LogP contribution in [0.1, 0.15) is 42.2 Å². The van der Waals surface area contributed by atoms with Gasteiger partial charge in [-0.1, -0.05) is 115 Å². The quantitative estimate of drug-likeness (QED) is 0.181. The van der Waals surface area contributed by atoms with E-state index in [4.69, 9.17) is 25.8 Å². The number of nitrogens with zero attached hydrogens (tertiary/aromatic N) is 1. The van der Waals surface area contributed by atoms with Crippen LogP contribution < -0.4 is 0 Å². The first-order valence-electron chi connectivity index (χ1n) is 15.1. The number of cyclic esters (lactones) is 1. The molecule has 2 fully saturated rings. The van der Waals surface area contributed by atoms with Crippen molar-refractivity contribution in [2.45, 2.75) is 54.2 Å². The first-order valence-corrected chi connectivity index (χ1v) is 16.8. The summed E-state index contributed by atoms with van der Waals surface area (Å²) in [6.07, 6.45) is -0.988. The maximum absolute atomic E-state index is 13.9. The lowest BCUT2D eigenvalue weighted by molar-refractivity contribution is -0.290. The maximum Gasteiger partial charge on any atom is 0.411 e. The fourth-order valence-electron chi connectivity index (χ4n) is 6.61. The molecule has 0 aromatic heterocycles. The Hall–Kier alpha value is -3.53. The molecule has 1 N–H and O–H groups in total. The monoisotopic (exact) mass is 645 g/mol. The topological polar surface area (TPSA) is 85.3 Å². The molecule has 1 aliphatic carbocycles. The molecule has 0 radical (unpaired) electrons. The van der Waals surface area contributed by atoms with Crippen molar-refractivity contribution in [2.75, 3.05) is 19.0 Å². The number of hydrogen-bond acceptors (Lipinski definition) is 6. The number of halogens is 1. The minimum atomic E-state index is -1.66. The van der Waals surface area contributed by atoms with Gasteiger partial charge in [0.25, 0.3) is 0 Å². The van der Waals surface area contributed by atoms with Crippen LogP contribution in [0.3, 0.4) is 0 Å². The Morgan fingerprint density at radius 2 is 1.51 bits per heavy atom. The standard InChI is InChI=1S/C36H36ClNO6S/c1-2-43-36(24-42-23-26-14-6-3-7-15-26)31(22-35(36,40)25-45(41)30-21-13-12-20-29(30)37)38-32(27-16-8-4-9-17-27)33(44-34(38)39)28-18-10-5-11-19-28/h3-21,31-33,40H,2,22-25H2,1H3/t31-,32-,33+,35?,36+,45?/m1/s1. The number of rotatable bonds is 12. The van der Waals surface area contributed by atoms with Crippen molar-refractivity contribution in [1.29, 1.82) is 0 Å². The molecule has 7 nitrogen and oxygen atoms in total. The zero-order valence-corrected chi connectivity index (χ0v) is 26.5. The smallest absolute Gasteiger partial charge is 0.411 e. The normalized spacial score (nSPS) is 26.7. The van der Waals surface area contributed by atoms with Gasteiger partial charge in [0, 0.05) is 13.0 Å². The van der Waals surface area contributed by atoms with E-state index in [1.807, 2.05) is 97.9 Å². The summed E-state index contributed by atoms with van der Waals surface area (Å²) in [7, 11) is -1.66. The average molecular weight is 646 g/mol. The molecule has 2 unspecified atom stereocenters. The van der Waals surface area contributed by atoms with Crippen molar-refractivity contribution in [3.8, 4) is 0 Å². The summed E-state index contributed by atoms with van der Waals surface area (Å²) >= 11 is 6.41. The van der Waals surface area contributed by atoms with Crippen molar-refractivity contribution in [1.82, 2.24) is 4.90 Å². The van der Waals surface area contributed by atoms with Crippen LogP contribution in [0.4, 0.5) is 4.79 Å². The molecule has 1 aliphatic heterocycles. The summed E-state index contributed by atoms with van der Waals surface area (Å²) in [6.45, 7) is 2.29. The largest absolute Gasteiger partial charge is 0.439 e. The molecule has 1 saturated carbocycles. The van der Waals surface area contributed by atoms with Crippen molar-refractivity contribution >= 4 is 28.5 Å². The number of carbonyl (C=O) groups excluding carboxylic acids is 1. The fraction of sp³-hybridized carbons (Fsp3) is 0.306. The van der Waals surface area contributed by atoms with E-state index in [0.717, 1.165) is 16.7 Å². The molecule has 234 valence electrons. The van der Waals surface area contributed by atoms with Crippen LogP contribution in [0.25, 0.3) is 0 Å². The number of hydrogen-bond donors (Lipinski definition) is 1. The van der Waals surface area contributed by atoms with E-state index < -0.39 is 46.3 Å². The van der Waals surface area contributed by atoms with Gasteiger partial charge in [0.2, 0.25) is 0 Å². The predicted octanol–water partition coefficient (Wildman–Crippen LogP) is 6.88. The first kappa shape index (κ1) is 31.5. The van der Waals surface area contributed by atoms with Gasteiger partial charge in [0.15, 0.2) is 6.10 Å². The van der Waals surface area contributed by atoms with Gasteiger partial charge in [-0.05, 0) is 35.7 Å². The van der Waals surface area contributed by atoms with E-state index in [2.05, 4.69) is 0 Å². The zero-order valence-electron chi connectivity index (χ0n) is 25.0. The van der Waals surface area contributed by atoms with E-state index >= 15 is 0 Å². The van der Waals surface area contributed by atoms with Crippen LogP contribution in [0, 0.1) is 0 Å². The summed E-state index contributed by atoms with van der Waals surface area (Å²) in [4.78, 5) is 16.0. The van der Waals surface area contributed by atoms with Gasteiger partial charge >= 0.3 is 6.09 Å². The van der Waals surface area contributed by atoms with Crippen LogP contribution >= 0.6 is 11.6 Å². The summed E-state index contributed by atoms with van der Waals surface area (Å²) in [6, 6.07) is 34.8. The highest BCUT2D eigenvalue weighted by Crippen LogP contribution is 2.55. The highest BCUT2D eigenvalue weighted by molar-refractivity contribution is 7.85. The Balaban J connectivity index is 1.39. The molecule has 1 saturated heterocycles. The van der Waals surface area contributed by atoms with E-state index in [-0.39, 0.29) is 32.0 Å². The molecule has 0 spiro atoms. The number of benzene rings is 4. The molecule has 6 rings (SSSR count). The molecule has 45 heavy (non-hydrogen) atoms. The summed E-state index contributed by atoms with van der Waals surface area (Å²) < 4.78 is 32.6. The molecule has 1 heterocycles. The second-order valence-electron chi connectivity index (χ2n) is 11.5. The van der Waals surface area contributed by atoms with Crippen molar-refractivity contribution in [2.24, 2.45) is 0 Å². The summed E-state index contributed by atoms with van der Waals surface area (Å²) in [5.41, 5.74) is -0.317. The van der Waals surface area contributed by atoms with E-state index in [1.165, 1.54) is 0 Å². The molecule has 4 aromatic carbocycles. The van der Waals surface area contributed by atoms with E-state index in [9.17, 15) is 14.1 Å². The summed E-state index contributed by atoms with van der Waals surface area (Å²) in [5.74, 6) is -0.150. The SMILES string of the molecule is CCO[C@@]1(COCc2ccccc2)[C@H](N2C(=O)O[C@@H](c3ccccc3)[C@H]2c2ccccc2)CC1(O)CS(=O)c1ccccc1Cl. The number of carbonyl (C=O) groups is 1. The molecular formula is C36H36ClNO6S. The lowest BCUT2D eigenvalue weighted by Crippen LogP contribution is -2.81. The minimum absolute atomic E-state index is 0.0437. The molecule has 0 bridgehead atoms. The average Bonchev–Trinajstić information content (AvgIpc) is 3.40. The summed E-state index contributed by atoms with van der Waals surface area (Å²) in [5, 5.41) is 12.8. The van der Waals surface area contributed by atoms with Gasteiger partial charge in [-0.25, -0.2) is 4.79 Å². The van der Waals surface area contributed by atoms with Gasteiger partial charge < -0.3 is 19.3 Å². The lowest BCUT2D eigenvalue weighted by atomic mass is 9.61. The highest BCUT2D eigenvalue weighted by Gasteiger charge is 2.71. The maximum atomic E-state index is 13.9. The third-order valence-electron chi connectivity index (χ3n) is 8.77. The Morgan fingerprint density at radius 1 is 0.911 bits per heavy atom. The molecule has 6 atom stereocenters. The molecular weight excluding hydrogens is 610 g/mol. The molecule has 2 aliphatic rings. The molecule has 4 aromatic rings. The Labute approximate surface area is 271 Å². The predicted molar refractivity (Wildman–Crippen MR) is 173 cm³/mol. The fourth-order valence-corrected chi connectivity index (χ4v) is 8.47. The van der Waals surface area contributed by atoms with Gasteiger partial charge in [0.1, 0.15) is 17.2 Å². The van der Waals surface area contributed by atoms with Crippen LogP contribution in [-0.4, -0.2) is 56.5 Å². The van der Waals surface area contributed by atoms with Gasteiger partial charge in [-0.3, -0.25) is 9.11 Å². The van der Waals surface area contributed by atoms with Gasteiger partial charge in [0.05, 0.1) is 45.7 Å². The van der Waals surface area contributed by atoms with Gasteiger partial charge in [-0.15, -0.1) is 0 Å².